The van der Waals surface area contributed by atoms with Gasteiger partial charge in [-0.3, -0.25) is 5.84 Å². The number of nitrogens with one attached hydrogen (secondary N) is 1. The van der Waals surface area contributed by atoms with Crippen LogP contribution in [0.4, 0.5) is 4.39 Å². The zero-order valence-electron chi connectivity index (χ0n) is 9.81. The van der Waals surface area contributed by atoms with Crippen LogP contribution in [0, 0.1) is 12.7 Å². The third kappa shape index (κ3) is 2.35. The number of hydrazine groups is 1. The van der Waals surface area contributed by atoms with Crippen molar-refractivity contribution >= 4 is 0 Å². The van der Waals surface area contributed by atoms with E-state index < -0.39 is 0 Å². The highest BCUT2D eigenvalue weighted by molar-refractivity contribution is 5.31. The highest BCUT2D eigenvalue weighted by Crippen LogP contribution is 2.21. The first-order valence-electron chi connectivity index (χ1n) is 5.32. The number of nitrogens with two attached hydrogens (primary N) is 1. The summed E-state index contributed by atoms with van der Waals surface area (Å²) >= 11 is 0. The Hall–Kier alpha value is -1.72. The maximum absolute atomic E-state index is 13.2. The van der Waals surface area contributed by atoms with E-state index in [2.05, 4.69) is 10.4 Å². The van der Waals surface area contributed by atoms with E-state index in [1.807, 2.05) is 17.8 Å². The molecule has 90 valence electrons. The van der Waals surface area contributed by atoms with Gasteiger partial charge < -0.3 is 4.57 Å². The Morgan fingerprint density at radius 2 is 2.24 bits per heavy atom. The summed E-state index contributed by atoms with van der Waals surface area (Å²) < 4.78 is 15.0. The number of aryl methyl sites for hydroxylation is 2. The lowest BCUT2D eigenvalue weighted by molar-refractivity contribution is 0.603. The van der Waals surface area contributed by atoms with E-state index in [1.54, 1.807) is 25.4 Å². The first kappa shape index (κ1) is 11.8. The number of hydrogen-bond donors (Lipinski definition) is 2. The highest BCUT2D eigenvalue weighted by Gasteiger charge is 2.15. The fraction of sp³-hybridized carbons (Fsp3) is 0.250. The molecule has 1 unspecified atom stereocenters. The van der Waals surface area contributed by atoms with Crippen molar-refractivity contribution in [2.24, 2.45) is 12.9 Å². The standard InChI is InChI=1S/C12H15FN4/c1-8-5-9(3-4-10(8)13)12(16-14)11-6-17(2)7-15-11/h3-7,12,16H,14H2,1-2H3. The summed E-state index contributed by atoms with van der Waals surface area (Å²) in [6, 6.07) is 4.70. The molecule has 0 bridgehead atoms. The first-order valence-corrected chi connectivity index (χ1v) is 5.32. The molecule has 0 aliphatic carbocycles. The van der Waals surface area contributed by atoms with Crippen LogP contribution in [0.15, 0.2) is 30.7 Å². The van der Waals surface area contributed by atoms with Gasteiger partial charge in [0.2, 0.25) is 0 Å². The third-order valence-corrected chi connectivity index (χ3v) is 2.70. The lowest BCUT2D eigenvalue weighted by atomic mass is 10.0. The molecule has 1 atom stereocenters. The number of imidazole rings is 1. The summed E-state index contributed by atoms with van der Waals surface area (Å²) in [6.07, 6.45) is 3.58. The van der Waals surface area contributed by atoms with Crippen molar-refractivity contribution < 1.29 is 4.39 Å². The molecular weight excluding hydrogens is 219 g/mol. The number of halogens is 1. The maximum Gasteiger partial charge on any atom is 0.126 e. The SMILES string of the molecule is Cc1cc(C(NN)c2cn(C)cn2)ccc1F. The van der Waals surface area contributed by atoms with Gasteiger partial charge in [-0.25, -0.2) is 14.8 Å². The van der Waals surface area contributed by atoms with Crippen LogP contribution < -0.4 is 11.3 Å². The van der Waals surface area contributed by atoms with Crippen LogP contribution in [-0.4, -0.2) is 9.55 Å². The van der Waals surface area contributed by atoms with Crippen molar-refractivity contribution in [3.63, 3.8) is 0 Å². The minimum atomic E-state index is -0.226. The predicted molar refractivity (Wildman–Crippen MR) is 63.5 cm³/mol. The van der Waals surface area contributed by atoms with Crippen LogP contribution in [0.5, 0.6) is 0 Å². The molecule has 2 aromatic rings. The Morgan fingerprint density at radius 1 is 1.47 bits per heavy atom. The molecule has 0 aliphatic heterocycles. The predicted octanol–water partition coefficient (Wildman–Crippen LogP) is 1.42. The van der Waals surface area contributed by atoms with Gasteiger partial charge in [0.1, 0.15) is 5.82 Å². The topological polar surface area (TPSA) is 55.9 Å². The number of rotatable bonds is 3. The Labute approximate surface area is 99.2 Å². The average Bonchev–Trinajstić information content (AvgIpc) is 2.71. The van der Waals surface area contributed by atoms with Crippen molar-refractivity contribution in [3.8, 4) is 0 Å². The van der Waals surface area contributed by atoms with Crippen molar-refractivity contribution in [2.45, 2.75) is 13.0 Å². The fourth-order valence-corrected chi connectivity index (χ4v) is 1.78. The lowest BCUT2D eigenvalue weighted by Crippen LogP contribution is -2.29. The smallest absolute Gasteiger partial charge is 0.126 e. The van der Waals surface area contributed by atoms with Crippen LogP contribution in [-0.2, 0) is 7.05 Å². The monoisotopic (exact) mass is 234 g/mol. The first-order chi connectivity index (χ1) is 8.11. The van der Waals surface area contributed by atoms with Gasteiger partial charge in [-0.2, -0.15) is 0 Å². The van der Waals surface area contributed by atoms with Gasteiger partial charge in [0.15, 0.2) is 0 Å². The lowest BCUT2D eigenvalue weighted by Gasteiger charge is -2.14. The molecule has 17 heavy (non-hydrogen) atoms. The summed E-state index contributed by atoms with van der Waals surface area (Å²) in [4.78, 5) is 4.24. The molecule has 0 saturated heterocycles. The Kier molecular flexibility index (Phi) is 3.21. The van der Waals surface area contributed by atoms with Crippen LogP contribution >= 0.6 is 0 Å². The summed E-state index contributed by atoms with van der Waals surface area (Å²) in [5.41, 5.74) is 4.99. The second-order valence-electron chi connectivity index (χ2n) is 4.07. The molecule has 0 aliphatic rings. The Balaban J connectivity index is 2.38. The zero-order chi connectivity index (χ0) is 12.4. The van der Waals surface area contributed by atoms with Crippen LogP contribution in [0.25, 0.3) is 0 Å². The van der Waals surface area contributed by atoms with Gasteiger partial charge in [0.05, 0.1) is 18.1 Å². The quantitative estimate of drug-likeness (QED) is 0.624. The van der Waals surface area contributed by atoms with E-state index in [9.17, 15) is 4.39 Å². The normalized spacial score (nSPS) is 12.7. The second-order valence-corrected chi connectivity index (χ2v) is 4.07. The second kappa shape index (κ2) is 4.65. The Morgan fingerprint density at radius 3 is 2.76 bits per heavy atom. The van der Waals surface area contributed by atoms with E-state index in [0.717, 1.165) is 11.3 Å². The average molecular weight is 234 g/mol. The molecule has 0 spiro atoms. The van der Waals surface area contributed by atoms with Crippen LogP contribution in [0.1, 0.15) is 22.9 Å². The van der Waals surface area contributed by atoms with Gasteiger partial charge in [-0.05, 0) is 24.1 Å². The van der Waals surface area contributed by atoms with Gasteiger partial charge in [-0.15, -0.1) is 0 Å². The van der Waals surface area contributed by atoms with Gasteiger partial charge in [0.25, 0.3) is 0 Å². The molecular formula is C12H15FN4. The van der Waals surface area contributed by atoms with E-state index in [4.69, 9.17) is 5.84 Å². The Bertz CT molecular complexity index is 521. The number of aromatic nitrogens is 2. The molecule has 1 heterocycles. The van der Waals surface area contributed by atoms with Gasteiger partial charge in [-0.1, -0.05) is 12.1 Å². The third-order valence-electron chi connectivity index (χ3n) is 2.70. The van der Waals surface area contributed by atoms with Crippen molar-refractivity contribution in [1.82, 2.24) is 15.0 Å². The van der Waals surface area contributed by atoms with E-state index in [-0.39, 0.29) is 11.9 Å². The summed E-state index contributed by atoms with van der Waals surface area (Å²) in [6.45, 7) is 1.73. The summed E-state index contributed by atoms with van der Waals surface area (Å²) in [7, 11) is 1.89. The molecule has 5 heteroatoms. The van der Waals surface area contributed by atoms with E-state index in [0.29, 0.717) is 5.56 Å². The zero-order valence-corrected chi connectivity index (χ0v) is 9.81. The fourth-order valence-electron chi connectivity index (χ4n) is 1.78. The molecule has 1 aromatic carbocycles. The molecule has 4 nitrogen and oxygen atoms in total. The van der Waals surface area contributed by atoms with Crippen molar-refractivity contribution in [1.29, 1.82) is 0 Å². The van der Waals surface area contributed by atoms with E-state index >= 15 is 0 Å². The molecule has 0 fully saturated rings. The molecule has 2 rings (SSSR count). The molecule has 0 radical (unpaired) electrons. The van der Waals surface area contributed by atoms with Crippen molar-refractivity contribution in [2.75, 3.05) is 0 Å². The minimum absolute atomic E-state index is 0.217. The number of hydrogen-bond acceptors (Lipinski definition) is 3. The summed E-state index contributed by atoms with van der Waals surface area (Å²) in [5.74, 6) is 5.32. The largest absolute Gasteiger partial charge is 0.340 e. The van der Waals surface area contributed by atoms with Crippen LogP contribution in [0.2, 0.25) is 0 Å². The maximum atomic E-state index is 13.2. The molecule has 0 saturated carbocycles. The summed E-state index contributed by atoms with van der Waals surface area (Å²) in [5, 5.41) is 0. The number of benzene rings is 1. The highest BCUT2D eigenvalue weighted by atomic mass is 19.1. The van der Waals surface area contributed by atoms with Crippen molar-refractivity contribution in [3.05, 3.63) is 53.4 Å². The van der Waals surface area contributed by atoms with Crippen LogP contribution in [0.3, 0.4) is 0 Å². The number of nitrogens with zero attached hydrogens (tertiary/aromatic N) is 2. The van der Waals surface area contributed by atoms with Gasteiger partial charge >= 0.3 is 0 Å². The molecule has 0 amide bonds. The molecule has 1 aromatic heterocycles. The molecule has 3 N–H and O–H groups in total. The minimum Gasteiger partial charge on any atom is -0.340 e. The van der Waals surface area contributed by atoms with E-state index in [1.165, 1.54) is 6.07 Å². The van der Waals surface area contributed by atoms with Gasteiger partial charge in [0, 0.05) is 13.2 Å².